The topological polar surface area (TPSA) is 59.9 Å². The second-order valence-electron chi connectivity index (χ2n) is 7.33. The molecule has 0 heterocycles. The zero-order chi connectivity index (χ0) is 24.1. The van der Waals surface area contributed by atoms with Gasteiger partial charge in [-0.2, -0.15) is 5.10 Å². The Hall–Kier alpha value is -2.62. The highest BCUT2D eigenvalue weighted by atomic mass is 127. The molecule has 0 saturated carbocycles. The molecule has 0 fully saturated rings. The van der Waals surface area contributed by atoms with Crippen LogP contribution in [0, 0.1) is 3.57 Å². The predicted molar refractivity (Wildman–Crippen MR) is 148 cm³/mol. The number of nitrogens with one attached hydrogen (secondary N) is 1. The number of hydrogen-bond donors (Lipinski definition) is 1. The number of hydrazone groups is 1. The summed E-state index contributed by atoms with van der Waals surface area (Å²) in [4.78, 5) is 12.4. The summed E-state index contributed by atoms with van der Waals surface area (Å²) in [7, 11) is 1.56. The summed E-state index contributed by atoms with van der Waals surface area (Å²) in [5, 5.41) is 6.82. The molecule has 5 nitrogen and oxygen atoms in total. The number of hydrogen-bond acceptors (Lipinski definition) is 4. The van der Waals surface area contributed by atoms with Crippen LogP contribution in [0.3, 0.4) is 0 Å². The first-order valence-electron chi connectivity index (χ1n) is 10.2. The van der Waals surface area contributed by atoms with Crippen LogP contribution in [0.2, 0.25) is 5.02 Å². The molecular weight excluding hydrogens is 631 g/mol. The van der Waals surface area contributed by atoms with Gasteiger partial charge in [0, 0.05) is 5.56 Å². The molecule has 0 aliphatic heterocycles. The number of fused-ring (bicyclic) bond motifs is 1. The number of halogens is 3. The number of benzene rings is 4. The van der Waals surface area contributed by atoms with Crippen LogP contribution >= 0.6 is 50.1 Å². The largest absolute Gasteiger partial charge is 0.496 e. The van der Waals surface area contributed by atoms with Gasteiger partial charge in [-0.25, -0.2) is 5.43 Å². The van der Waals surface area contributed by atoms with E-state index in [9.17, 15) is 4.79 Å². The molecular formula is C26H19BrClIN2O3. The first-order valence-corrected chi connectivity index (χ1v) is 12.5. The zero-order valence-corrected chi connectivity index (χ0v) is 22.5. The number of methoxy groups -OCH3 is 1. The minimum absolute atomic E-state index is 0.341. The third-order valence-electron chi connectivity index (χ3n) is 5.01. The number of nitrogens with zero attached hydrogens (tertiary/aromatic N) is 1. The molecule has 0 atom stereocenters. The molecule has 0 unspecified atom stereocenters. The van der Waals surface area contributed by atoms with Crippen LogP contribution in [0.25, 0.3) is 10.8 Å². The molecule has 172 valence electrons. The van der Waals surface area contributed by atoms with Gasteiger partial charge < -0.3 is 9.47 Å². The molecule has 4 aromatic carbocycles. The summed E-state index contributed by atoms with van der Waals surface area (Å²) in [5.74, 6) is 0.834. The van der Waals surface area contributed by atoms with Gasteiger partial charge in [-0.05, 0) is 96.8 Å². The quantitative estimate of drug-likeness (QED) is 0.131. The van der Waals surface area contributed by atoms with Gasteiger partial charge in [0.25, 0.3) is 5.91 Å². The van der Waals surface area contributed by atoms with E-state index in [1.54, 1.807) is 25.3 Å². The molecule has 34 heavy (non-hydrogen) atoms. The van der Waals surface area contributed by atoms with E-state index in [2.05, 4.69) is 73.3 Å². The van der Waals surface area contributed by atoms with E-state index in [0.717, 1.165) is 14.5 Å². The zero-order valence-electron chi connectivity index (χ0n) is 18.0. The molecule has 4 aromatic rings. The fourth-order valence-corrected chi connectivity index (χ4v) is 4.85. The van der Waals surface area contributed by atoms with E-state index in [4.69, 9.17) is 21.1 Å². The normalized spacial score (nSPS) is 11.1. The summed E-state index contributed by atoms with van der Waals surface area (Å²) >= 11 is 12.1. The lowest BCUT2D eigenvalue weighted by molar-refractivity contribution is 0.0954. The highest BCUT2D eigenvalue weighted by Gasteiger charge is 2.11. The average molecular weight is 650 g/mol. The van der Waals surface area contributed by atoms with E-state index in [0.29, 0.717) is 38.7 Å². The Bertz CT molecular complexity index is 1370. The van der Waals surface area contributed by atoms with Crippen molar-refractivity contribution in [3.05, 3.63) is 103 Å². The van der Waals surface area contributed by atoms with Gasteiger partial charge in [-0.1, -0.05) is 48.0 Å². The van der Waals surface area contributed by atoms with Gasteiger partial charge >= 0.3 is 0 Å². The van der Waals surface area contributed by atoms with Crippen molar-refractivity contribution in [1.82, 2.24) is 5.43 Å². The summed E-state index contributed by atoms with van der Waals surface area (Å²) in [6, 6.07) is 23.1. The van der Waals surface area contributed by atoms with E-state index < -0.39 is 0 Å². The lowest BCUT2D eigenvalue weighted by Gasteiger charge is -2.12. The minimum Gasteiger partial charge on any atom is -0.496 e. The summed E-state index contributed by atoms with van der Waals surface area (Å²) < 4.78 is 12.9. The van der Waals surface area contributed by atoms with Crippen molar-refractivity contribution in [2.45, 2.75) is 6.61 Å². The van der Waals surface area contributed by atoms with E-state index in [1.165, 1.54) is 11.6 Å². The molecule has 4 rings (SSSR count). The molecule has 8 heteroatoms. The lowest BCUT2D eigenvalue weighted by atomic mass is 10.1. The predicted octanol–water partition coefficient (Wildman–Crippen LogP) is 7.21. The molecule has 0 aliphatic rings. The van der Waals surface area contributed by atoms with Crippen molar-refractivity contribution in [1.29, 1.82) is 0 Å². The first kappa shape index (κ1) is 24.5. The third kappa shape index (κ3) is 5.89. The van der Waals surface area contributed by atoms with Gasteiger partial charge in [0.15, 0.2) is 5.75 Å². The fraction of sp³-hybridized carbons (Fsp3) is 0.0769. The second-order valence-corrected chi connectivity index (χ2v) is 9.76. The summed E-state index contributed by atoms with van der Waals surface area (Å²) in [6.45, 7) is 0.381. The van der Waals surface area contributed by atoms with Crippen molar-refractivity contribution < 1.29 is 14.3 Å². The highest BCUT2D eigenvalue weighted by molar-refractivity contribution is 14.1. The maximum absolute atomic E-state index is 12.4. The number of carbonyl (C=O) groups is 1. The van der Waals surface area contributed by atoms with Gasteiger partial charge in [0.2, 0.25) is 0 Å². The van der Waals surface area contributed by atoms with Gasteiger partial charge in [-0.3, -0.25) is 4.79 Å². The van der Waals surface area contributed by atoms with Crippen molar-refractivity contribution in [3.8, 4) is 11.5 Å². The van der Waals surface area contributed by atoms with Crippen LogP contribution in [0.1, 0.15) is 21.5 Å². The summed E-state index contributed by atoms with van der Waals surface area (Å²) in [5.41, 5.74) is 4.71. The molecule has 0 spiro atoms. The van der Waals surface area contributed by atoms with Crippen molar-refractivity contribution >= 4 is 73.0 Å². The highest BCUT2D eigenvalue weighted by Crippen LogP contribution is 2.35. The Labute approximate surface area is 224 Å². The Morgan fingerprint density at radius 1 is 1.09 bits per heavy atom. The van der Waals surface area contributed by atoms with Crippen molar-refractivity contribution in [3.63, 3.8) is 0 Å². The Balaban J connectivity index is 1.41. The fourth-order valence-electron chi connectivity index (χ4n) is 3.31. The van der Waals surface area contributed by atoms with E-state index in [-0.39, 0.29) is 5.91 Å². The second kappa shape index (κ2) is 11.2. The van der Waals surface area contributed by atoms with E-state index in [1.807, 2.05) is 30.3 Å². The molecule has 1 amide bonds. The van der Waals surface area contributed by atoms with Crippen molar-refractivity contribution in [2.24, 2.45) is 5.10 Å². The SMILES string of the molecule is COc1cc(C(=O)N/N=C\c2cc(Cl)c(OCc3ccc4ccccc4c3)c(Br)c2)ccc1I. The Kier molecular flexibility index (Phi) is 8.07. The standard InChI is InChI=1S/C26H19BrClIN2O3/c1-33-24-13-20(8-9-23(24)29)26(32)31-30-14-17-11-21(27)25(22(28)12-17)34-15-16-6-7-18-4-2-3-5-19(18)10-16/h2-14H,15H2,1H3,(H,31,32)/b30-14-. The third-order valence-corrected chi connectivity index (χ3v) is 6.77. The molecule has 0 radical (unpaired) electrons. The summed E-state index contributed by atoms with van der Waals surface area (Å²) in [6.07, 6.45) is 1.52. The monoisotopic (exact) mass is 648 g/mol. The van der Waals surface area contributed by atoms with Gasteiger partial charge in [0.05, 0.1) is 26.4 Å². The average Bonchev–Trinajstić information content (AvgIpc) is 2.83. The Morgan fingerprint density at radius 3 is 2.65 bits per heavy atom. The van der Waals surface area contributed by atoms with Crippen LogP contribution in [0.4, 0.5) is 0 Å². The number of carbonyl (C=O) groups excluding carboxylic acids is 1. The maximum atomic E-state index is 12.4. The molecule has 0 saturated heterocycles. The van der Waals surface area contributed by atoms with Crippen LogP contribution in [-0.2, 0) is 6.61 Å². The van der Waals surface area contributed by atoms with Crippen LogP contribution in [0.15, 0.2) is 82.4 Å². The van der Waals surface area contributed by atoms with E-state index >= 15 is 0 Å². The van der Waals surface area contributed by atoms with Crippen LogP contribution in [0.5, 0.6) is 11.5 Å². The Morgan fingerprint density at radius 2 is 1.88 bits per heavy atom. The van der Waals surface area contributed by atoms with Crippen LogP contribution < -0.4 is 14.9 Å². The molecule has 0 aromatic heterocycles. The smallest absolute Gasteiger partial charge is 0.271 e. The first-order chi connectivity index (χ1) is 16.4. The van der Waals surface area contributed by atoms with Gasteiger partial charge in [-0.15, -0.1) is 0 Å². The number of rotatable bonds is 7. The number of amides is 1. The number of ether oxygens (including phenoxy) is 2. The molecule has 0 bridgehead atoms. The van der Waals surface area contributed by atoms with Gasteiger partial charge in [0.1, 0.15) is 12.4 Å². The van der Waals surface area contributed by atoms with Crippen molar-refractivity contribution in [2.75, 3.05) is 7.11 Å². The van der Waals surface area contributed by atoms with Crippen LogP contribution in [-0.4, -0.2) is 19.2 Å². The molecule has 0 aliphatic carbocycles. The molecule has 1 N–H and O–H groups in total. The maximum Gasteiger partial charge on any atom is 0.271 e. The minimum atomic E-state index is -0.341. The lowest BCUT2D eigenvalue weighted by Crippen LogP contribution is -2.17.